The number of aliphatic hydroxyl groups is 1. The average molecular weight is 318 g/mol. The van der Waals surface area contributed by atoms with Gasteiger partial charge in [0.2, 0.25) is 5.44 Å². The molecular formula is C9H22O8SSi. The first-order valence-electron chi connectivity index (χ1n) is 5.64. The minimum absolute atomic E-state index is 0.0141. The molecule has 0 amide bonds. The highest BCUT2D eigenvalue weighted by atomic mass is 32.2. The molecule has 0 fully saturated rings. The van der Waals surface area contributed by atoms with Crippen LogP contribution >= 0.6 is 0 Å². The molecule has 0 bridgehead atoms. The minimum atomic E-state index is -4.45. The molecule has 0 spiro atoms. The summed E-state index contributed by atoms with van der Waals surface area (Å²) < 4.78 is 51.2. The molecule has 0 aromatic rings. The van der Waals surface area contributed by atoms with Crippen molar-refractivity contribution in [3.8, 4) is 0 Å². The van der Waals surface area contributed by atoms with Crippen molar-refractivity contribution in [3.05, 3.63) is 0 Å². The summed E-state index contributed by atoms with van der Waals surface area (Å²) in [5.74, 6) is 0. The second-order valence-electron chi connectivity index (χ2n) is 3.89. The summed E-state index contributed by atoms with van der Waals surface area (Å²) >= 11 is 0. The van der Waals surface area contributed by atoms with E-state index in [9.17, 15) is 13.5 Å². The smallest absolute Gasteiger partial charge is 0.389 e. The lowest BCUT2D eigenvalue weighted by Gasteiger charge is -2.24. The Balaban J connectivity index is 4.29. The van der Waals surface area contributed by atoms with Gasteiger partial charge >= 0.3 is 8.80 Å². The van der Waals surface area contributed by atoms with Gasteiger partial charge < -0.3 is 23.1 Å². The molecule has 0 rings (SSSR count). The Labute approximate surface area is 114 Å². The topological polar surface area (TPSA) is 112 Å². The van der Waals surface area contributed by atoms with Crippen molar-refractivity contribution in [3.63, 3.8) is 0 Å². The van der Waals surface area contributed by atoms with Crippen LogP contribution in [0, 0.1) is 0 Å². The lowest BCUT2D eigenvalue weighted by atomic mass is 10.4. The first-order valence-corrected chi connectivity index (χ1v) is 9.07. The standard InChI is InChI=1S/C9H22O8SSi/c1-8(10)9(18(11,12)13)17-6-5-7-19(14-2,15-3)16-4/h8-10H,5-7H2,1-4H3,(H,11,12,13). The molecule has 0 radical (unpaired) electrons. The van der Waals surface area contributed by atoms with E-state index in [0.717, 1.165) is 0 Å². The van der Waals surface area contributed by atoms with Crippen LogP contribution in [0.2, 0.25) is 6.04 Å². The third-order valence-electron chi connectivity index (χ3n) is 2.53. The summed E-state index contributed by atoms with van der Waals surface area (Å²) in [5, 5.41) is 9.22. The van der Waals surface area contributed by atoms with Crippen LogP contribution in [0.4, 0.5) is 0 Å². The predicted octanol–water partition coefficient (Wildman–Crippen LogP) is -0.134. The third kappa shape index (κ3) is 6.27. The normalized spacial score (nSPS) is 16.3. The van der Waals surface area contributed by atoms with Gasteiger partial charge in [-0.25, -0.2) is 0 Å². The highest BCUT2D eigenvalue weighted by molar-refractivity contribution is 7.86. The molecule has 0 saturated carbocycles. The Morgan fingerprint density at radius 3 is 1.95 bits per heavy atom. The van der Waals surface area contributed by atoms with E-state index in [1.54, 1.807) is 0 Å². The molecule has 2 atom stereocenters. The zero-order chi connectivity index (χ0) is 15.1. The molecule has 2 unspecified atom stereocenters. The number of aliphatic hydroxyl groups excluding tert-OH is 1. The minimum Gasteiger partial charge on any atom is -0.389 e. The molecule has 0 aliphatic heterocycles. The van der Waals surface area contributed by atoms with E-state index in [-0.39, 0.29) is 6.61 Å². The maximum atomic E-state index is 10.9. The Morgan fingerprint density at radius 2 is 1.63 bits per heavy atom. The number of hydrogen-bond donors (Lipinski definition) is 2. The van der Waals surface area contributed by atoms with Gasteiger partial charge in [-0.2, -0.15) is 8.42 Å². The van der Waals surface area contributed by atoms with Gasteiger partial charge in [0.15, 0.2) is 0 Å². The highest BCUT2D eigenvalue weighted by Crippen LogP contribution is 2.16. The molecule has 8 nitrogen and oxygen atoms in total. The van der Waals surface area contributed by atoms with Gasteiger partial charge in [-0.1, -0.05) is 0 Å². The van der Waals surface area contributed by atoms with E-state index in [1.807, 2.05) is 0 Å². The molecule has 0 aromatic carbocycles. The van der Waals surface area contributed by atoms with Crippen molar-refractivity contribution in [2.75, 3.05) is 27.9 Å². The summed E-state index contributed by atoms with van der Waals surface area (Å²) in [4.78, 5) is 0. The molecule has 0 aromatic heterocycles. The van der Waals surface area contributed by atoms with Crippen LogP contribution in [0.15, 0.2) is 0 Å². The molecule has 19 heavy (non-hydrogen) atoms. The Kier molecular flexibility index (Phi) is 8.23. The molecule has 116 valence electrons. The molecule has 0 heterocycles. The first kappa shape index (κ1) is 18.9. The Hall–Kier alpha value is -0.0731. The van der Waals surface area contributed by atoms with Crippen LogP contribution in [-0.2, 0) is 28.1 Å². The van der Waals surface area contributed by atoms with Crippen molar-refractivity contribution >= 4 is 18.9 Å². The highest BCUT2D eigenvalue weighted by Gasteiger charge is 2.37. The van der Waals surface area contributed by atoms with Gasteiger partial charge in [0.1, 0.15) is 0 Å². The summed E-state index contributed by atoms with van der Waals surface area (Å²) in [6.45, 7) is 1.23. The fourth-order valence-electron chi connectivity index (χ4n) is 1.52. The van der Waals surface area contributed by atoms with Crippen LogP contribution < -0.4 is 0 Å². The van der Waals surface area contributed by atoms with Crippen molar-refractivity contribution in [2.45, 2.75) is 30.9 Å². The molecule has 0 aliphatic rings. The van der Waals surface area contributed by atoms with E-state index in [1.165, 1.54) is 28.3 Å². The van der Waals surface area contributed by atoms with E-state index >= 15 is 0 Å². The van der Waals surface area contributed by atoms with Crippen LogP contribution in [0.1, 0.15) is 13.3 Å². The van der Waals surface area contributed by atoms with Gasteiger partial charge in [-0.05, 0) is 13.3 Å². The van der Waals surface area contributed by atoms with Crippen molar-refractivity contribution < 1.29 is 36.1 Å². The van der Waals surface area contributed by atoms with E-state index in [0.29, 0.717) is 12.5 Å². The van der Waals surface area contributed by atoms with Crippen LogP contribution in [0.25, 0.3) is 0 Å². The zero-order valence-corrected chi connectivity index (χ0v) is 13.3. The van der Waals surface area contributed by atoms with Crippen LogP contribution in [-0.4, -0.2) is 66.4 Å². The zero-order valence-electron chi connectivity index (χ0n) is 11.5. The average Bonchev–Trinajstić information content (AvgIpc) is 2.32. The molecule has 2 N–H and O–H groups in total. The van der Waals surface area contributed by atoms with E-state index < -0.39 is 30.5 Å². The monoisotopic (exact) mass is 318 g/mol. The van der Waals surface area contributed by atoms with E-state index in [2.05, 4.69) is 0 Å². The largest absolute Gasteiger partial charge is 0.500 e. The van der Waals surface area contributed by atoms with Crippen LogP contribution in [0.3, 0.4) is 0 Å². The summed E-state index contributed by atoms with van der Waals surface area (Å²) in [7, 11) is -2.76. The second kappa shape index (κ2) is 8.27. The fraction of sp³-hybridized carbons (Fsp3) is 1.00. The van der Waals surface area contributed by atoms with Crippen molar-refractivity contribution in [1.29, 1.82) is 0 Å². The summed E-state index contributed by atoms with van der Waals surface area (Å²) in [6.07, 6.45) is -0.926. The van der Waals surface area contributed by atoms with Gasteiger partial charge in [0, 0.05) is 34.0 Å². The fourth-order valence-corrected chi connectivity index (χ4v) is 3.97. The van der Waals surface area contributed by atoms with Gasteiger partial charge in [0.25, 0.3) is 10.1 Å². The maximum Gasteiger partial charge on any atom is 0.500 e. The van der Waals surface area contributed by atoms with Crippen molar-refractivity contribution in [2.24, 2.45) is 0 Å². The second-order valence-corrected chi connectivity index (χ2v) is 8.48. The molecule has 0 aliphatic carbocycles. The Morgan fingerprint density at radius 1 is 1.16 bits per heavy atom. The number of hydrogen-bond acceptors (Lipinski definition) is 7. The van der Waals surface area contributed by atoms with Gasteiger partial charge in [0.05, 0.1) is 6.10 Å². The number of ether oxygens (including phenoxy) is 1. The number of rotatable bonds is 10. The lowest BCUT2D eigenvalue weighted by molar-refractivity contribution is 0.0120. The summed E-state index contributed by atoms with van der Waals surface area (Å²) in [5.41, 5.74) is -1.66. The third-order valence-corrected chi connectivity index (χ3v) is 6.48. The maximum absolute atomic E-state index is 10.9. The molecular weight excluding hydrogens is 296 g/mol. The van der Waals surface area contributed by atoms with Gasteiger partial charge in [-0.15, -0.1) is 0 Å². The lowest BCUT2D eigenvalue weighted by Crippen LogP contribution is -2.43. The van der Waals surface area contributed by atoms with Crippen molar-refractivity contribution in [1.82, 2.24) is 0 Å². The van der Waals surface area contributed by atoms with E-state index in [4.69, 9.17) is 22.6 Å². The quantitative estimate of drug-likeness (QED) is 0.325. The predicted molar refractivity (Wildman–Crippen MR) is 69.2 cm³/mol. The summed E-state index contributed by atoms with van der Waals surface area (Å²) in [6, 6.07) is 0.425. The van der Waals surface area contributed by atoms with Gasteiger partial charge in [-0.3, -0.25) is 4.55 Å². The molecule has 10 heteroatoms. The van der Waals surface area contributed by atoms with Crippen LogP contribution in [0.5, 0.6) is 0 Å². The Bertz CT molecular complexity index is 332. The SMILES string of the molecule is CO[Si](CCCOC(C(C)O)S(=O)(=O)O)(OC)OC. The first-order chi connectivity index (χ1) is 8.72. The molecule has 0 saturated heterocycles.